The molecule has 6 nitrogen and oxygen atoms in total. The maximum absolute atomic E-state index is 12.2. The number of aryl methyl sites for hydroxylation is 1. The number of halogens is 2. The minimum absolute atomic E-state index is 0.0892. The highest BCUT2D eigenvalue weighted by Gasteiger charge is 2.09. The lowest BCUT2D eigenvalue weighted by Gasteiger charge is -2.08. The van der Waals surface area contributed by atoms with Gasteiger partial charge in [-0.2, -0.15) is 13.9 Å². The lowest BCUT2D eigenvalue weighted by Crippen LogP contribution is -2.30. The van der Waals surface area contributed by atoms with Crippen LogP contribution in [-0.2, 0) is 13.0 Å². The summed E-state index contributed by atoms with van der Waals surface area (Å²) in [7, 11) is 0. The van der Waals surface area contributed by atoms with Crippen LogP contribution in [0, 0.1) is 0 Å². The van der Waals surface area contributed by atoms with Crippen LogP contribution in [0.15, 0.2) is 41.2 Å². The fourth-order valence-electron chi connectivity index (χ4n) is 2.29. The predicted octanol–water partition coefficient (Wildman–Crippen LogP) is 2.62. The van der Waals surface area contributed by atoms with Gasteiger partial charge in [0.05, 0.1) is 0 Å². The molecule has 0 aliphatic carbocycles. The first-order chi connectivity index (χ1) is 12.5. The number of alkyl halides is 2. The zero-order valence-electron chi connectivity index (χ0n) is 14.5. The van der Waals surface area contributed by atoms with E-state index in [1.165, 1.54) is 28.9 Å². The third kappa shape index (κ3) is 5.94. The van der Waals surface area contributed by atoms with Gasteiger partial charge >= 0.3 is 6.61 Å². The second-order valence-corrected chi connectivity index (χ2v) is 5.66. The molecular weight excluding hydrogens is 344 g/mol. The Morgan fingerprint density at radius 1 is 1.23 bits per heavy atom. The standard InChI is InChI=1S/C18H21F2N3O3/c1-2-3-12-23-16(24)9-8-15(22-23)17(25)21-11-10-13-4-6-14(7-5-13)26-18(19)20/h4-9,18H,2-3,10-12H2,1H3,(H,21,25). The third-order valence-corrected chi connectivity index (χ3v) is 3.67. The molecule has 26 heavy (non-hydrogen) atoms. The van der Waals surface area contributed by atoms with Gasteiger partial charge in [-0.25, -0.2) is 4.68 Å². The summed E-state index contributed by atoms with van der Waals surface area (Å²) in [5.41, 5.74) is 0.815. The van der Waals surface area contributed by atoms with Gasteiger partial charge in [-0.15, -0.1) is 0 Å². The van der Waals surface area contributed by atoms with Crippen LogP contribution in [0.3, 0.4) is 0 Å². The number of carbonyl (C=O) groups excluding carboxylic acids is 1. The molecule has 1 amide bonds. The normalized spacial score (nSPS) is 10.8. The number of aromatic nitrogens is 2. The molecular formula is C18H21F2N3O3. The van der Waals surface area contributed by atoms with Crippen LogP contribution in [0.4, 0.5) is 8.78 Å². The molecule has 2 rings (SSSR count). The molecule has 8 heteroatoms. The predicted molar refractivity (Wildman–Crippen MR) is 92.5 cm³/mol. The van der Waals surface area contributed by atoms with Crippen molar-refractivity contribution in [1.82, 2.24) is 15.1 Å². The van der Waals surface area contributed by atoms with E-state index in [0.717, 1.165) is 18.4 Å². The monoisotopic (exact) mass is 365 g/mol. The number of nitrogens with zero attached hydrogens (tertiary/aromatic N) is 2. The number of rotatable bonds is 9. The largest absolute Gasteiger partial charge is 0.435 e. The lowest BCUT2D eigenvalue weighted by atomic mass is 10.1. The summed E-state index contributed by atoms with van der Waals surface area (Å²) in [6.45, 7) is -0.0193. The fourth-order valence-corrected chi connectivity index (χ4v) is 2.29. The fraction of sp³-hybridized carbons (Fsp3) is 0.389. The third-order valence-electron chi connectivity index (χ3n) is 3.67. The van der Waals surface area contributed by atoms with Crippen LogP contribution in [0.5, 0.6) is 5.75 Å². The lowest BCUT2D eigenvalue weighted by molar-refractivity contribution is -0.0498. The van der Waals surface area contributed by atoms with Crippen molar-refractivity contribution >= 4 is 5.91 Å². The second kappa shape index (κ2) is 9.65. The summed E-state index contributed by atoms with van der Waals surface area (Å²) in [6, 6.07) is 8.96. The maximum Gasteiger partial charge on any atom is 0.387 e. The minimum Gasteiger partial charge on any atom is -0.435 e. The van der Waals surface area contributed by atoms with Crippen molar-refractivity contribution in [3.8, 4) is 5.75 Å². The number of hydrogen-bond donors (Lipinski definition) is 1. The smallest absolute Gasteiger partial charge is 0.387 e. The molecule has 0 fully saturated rings. The van der Waals surface area contributed by atoms with E-state index in [1.54, 1.807) is 12.1 Å². The molecule has 1 N–H and O–H groups in total. The molecule has 0 aliphatic rings. The zero-order chi connectivity index (χ0) is 18.9. The van der Waals surface area contributed by atoms with Gasteiger partial charge in [-0.05, 0) is 36.6 Å². The summed E-state index contributed by atoms with van der Waals surface area (Å²) >= 11 is 0. The highest BCUT2D eigenvalue weighted by atomic mass is 19.3. The van der Waals surface area contributed by atoms with E-state index in [0.29, 0.717) is 19.5 Å². The van der Waals surface area contributed by atoms with E-state index in [1.807, 2.05) is 6.92 Å². The van der Waals surface area contributed by atoms with Gasteiger partial charge in [0.15, 0.2) is 0 Å². The first kappa shape index (κ1) is 19.6. The first-order valence-electron chi connectivity index (χ1n) is 8.39. The topological polar surface area (TPSA) is 73.2 Å². The number of ether oxygens (including phenoxy) is 1. The highest BCUT2D eigenvalue weighted by molar-refractivity contribution is 5.91. The Kier molecular flexibility index (Phi) is 7.25. The number of amides is 1. The molecule has 1 aromatic heterocycles. The second-order valence-electron chi connectivity index (χ2n) is 5.66. The van der Waals surface area contributed by atoms with Crippen molar-refractivity contribution in [3.63, 3.8) is 0 Å². The maximum atomic E-state index is 12.2. The molecule has 0 aliphatic heterocycles. The average molecular weight is 365 g/mol. The van der Waals surface area contributed by atoms with Crippen molar-refractivity contribution in [2.75, 3.05) is 6.54 Å². The Hall–Kier alpha value is -2.77. The molecule has 140 valence electrons. The number of unbranched alkanes of at least 4 members (excludes halogenated alkanes) is 1. The molecule has 2 aromatic rings. The molecule has 1 heterocycles. The number of nitrogens with one attached hydrogen (secondary N) is 1. The van der Waals surface area contributed by atoms with Gasteiger partial charge in [0.25, 0.3) is 11.5 Å². The molecule has 0 spiro atoms. The summed E-state index contributed by atoms with van der Waals surface area (Å²) < 4.78 is 29.8. The van der Waals surface area contributed by atoms with Crippen LogP contribution < -0.4 is 15.6 Å². The Morgan fingerprint density at radius 2 is 1.96 bits per heavy atom. The van der Waals surface area contributed by atoms with Crippen molar-refractivity contribution in [2.24, 2.45) is 0 Å². The van der Waals surface area contributed by atoms with Crippen LogP contribution in [0.1, 0.15) is 35.8 Å². The number of carbonyl (C=O) groups is 1. The van der Waals surface area contributed by atoms with E-state index in [4.69, 9.17) is 0 Å². The first-order valence-corrected chi connectivity index (χ1v) is 8.39. The summed E-state index contributed by atoms with van der Waals surface area (Å²) in [6.07, 6.45) is 2.26. The van der Waals surface area contributed by atoms with E-state index in [-0.39, 0.29) is 22.9 Å². The van der Waals surface area contributed by atoms with Crippen LogP contribution in [0.25, 0.3) is 0 Å². The Balaban J connectivity index is 1.87. The highest BCUT2D eigenvalue weighted by Crippen LogP contribution is 2.15. The van der Waals surface area contributed by atoms with Gasteiger partial charge in [0.2, 0.25) is 0 Å². The van der Waals surface area contributed by atoms with Gasteiger partial charge in [0, 0.05) is 19.2 Å². The molecule has 0 saturated carbocycles. The quantitative estimate of drug-likeness (QED) is 0.741. The minimum atomic E-state index is -2.85. The molecule has 1 aromatic carbocycles. The molecule has 0 saturated heterocycles. The van der Waals surface area contributed by atoms with E-state index >= 15 is 0 Å². The van der Waals surface area contributed by atoms with Crippen LogP contribution in [-0.4, -0.2) is 28.8 Å². The number of benzene rings is 1. The van der Waals surface area contributed by atoms with Gasteiger partial charge in [-0.1, -0.05) is 25.5 Å². The van der Waals surface area contributed by atoms with E-state index in [2.05, 4.69) is 15.2 Å². The molecule has 0 bridgehead atoms. The van der Waals surface area contributed by atoms with Gasteiger partial charge in [0.1, 0.15) is 11.4 Å². The zero-order valence-corrected chi connectivity index (χ0v) is 14.5. The Labute approximate surface area is 149 Å². The van der Waals surface area contributed by atoms with Crippen molar-refractivity contribution in [3.05, 3.63) is 58.0 Å². The summed E-state index contributed by atoms with van der Waals surface area (Å²) in [5, 5.41) is 6.81. The van der Waals surface area contributed by atoms with Gasteiger partial charge < -0.3 is 10.1 Å². The van der Waals surface area contributed by atoms with Crippen molar-refractivity contribution in [2.45, 2.75) is 39.3 Å². The van der Waals surface area contributed by atoms with Gasteiger partial charge in [-0.3, -0.25) is 9.59 Å². The van der Waals surface area contributed by atoms with E-state index < -0.39 is 6.61 Å². The molecule has 0 unspecified atom stereocenters. The number of hydrogen-bond acceptors (Lipinski definition) is 4. The van der Waals surface area contributed by atoms with Crippen LogP contribution >= 0.6 is 0 Å². The van der Waals surface area contributed by atoms with Crippen LogP contribution in [0.2, 0.25) is 0 Å². The molecule has 0 atom stereocenters. The summed E-state index contributed by atoms with van der Waals surface area (Å²) in [4.78, 5) is 23.9. The Morgan fingerprint density at radius 3 is 2.62 bits per heavy atom. The summed E-state index contributed by atoms with van der Waals surface area (Å²) in [5.74, 6) is -0.278. The average Bonchev–Trinajstić information content (AvgIpc) is 2.62. The SMILES string of the molecule is CCCCn1nc(C(=O)NCCc2ccc(OC(F)F)cc2)ccc1=O. The van der Waals surface area contributed by atoms with Crippen molar-refractivity contribution in [1.29, 1.82) is 0 Å². The molecule has 0 radical (unpaired) electrons. The van der Waals surface area contributed by atoms with Crippen molar-refractivity contribution < 1.29 is 18.3 Å². The Bertz CT molecular complexity index is 776. The van der Waals surface area contributed by atoms with E-state index in [9.17, 15) is 18.4 Å².